The van der Waals surface area contributed by atoms with E-state index in [9.17, 15) is 0 Å². The van der Waals surface area contributed by atoms with Crippen molar-refractivity contribution in [3.05, 3.63) is 0 Å². The molecule has 2 nitrogen and oxygen atoms in total. The minimum atomic E-state index is 0.116. The zero-order valence-electron chi connectivity index (χ0n) is 9.80. The Morgan fingerprint density at radius 1 is 1.43 bits per heavy atom. The fourth-order valence-electron chi connectivity index (χ4n) is 1.66. The summed E-state index contributed by atoms with van der Waals surface area (Å²) in [5.74, 6) is 6.49. The van der Waals surface area contributed by atoms with E-state index < -0.39 is 0 Å². The Morgan fingerprint density at radius 2 is 2.07 bits per heavy atom. The highest BCUT2D eigenvalue weighted by molar-refractivity contribution is 5.09. The second kappa shape index (κ2) is 4.33. The molecule has 1 aliphatic rings. The zero-order valence-corrected chi connectivity index (χ0v) is 9.80. The van der Waals surface area contributed by atoms with Gasteiger partial charge in [-0.15, -0.1) is 0 Å². The summed E-state index contributed by atoms with van der Waals surface area (Å²) in [5.41, 5.74) is 6.05. The Bertz CT molecular complexity index is 241. The predicted molar refractivity (Wildman–Crippen MR) is 60.9 cm³/mol. The second-order valence-corrected chi connectivity index (χ2v) is 5.22. The number of hydrogen-bond acceptors (Lipinski definition) is 2. The van der Waals surface area contributed by atoms with Crippen LogP contribution in [0.2, 0.25) is 0 Å². The van der Waals surface area contributed by atoms with Crippen molar-refractivity contribution in [3.63, 3.8) is 0 Å². The summed E-state index contributed by atoms with van der Waals surface area (Å²) in [6.07, 6.45) is 1.11. The Labute approximate surface area is 87.8 Å². The van der Waals surface area contributed by atoms with Crippen LogP contribution in [0.1, 0.15) is 34.1 Å². The van der Waals surface area contributed by atoms with Crippen molar-refractivity contribution in [3.8, 4) is 11.8 Å². The summed E-state index contributed by atoms with van der Waals surface area (Å²) in [5, 5.41) is 0. The van der Waals surface area contributed by atoms with Gasteiger partial charge in [-0.1, -0.05) is 11.8 Å². The van der Waals surface area contributed by atoms with E-state index in [-0.39, 0.29) is 5.41 Å². The van der Waals surface area contributed by atoms with Crippen LogP contribution in [0.5, 0.6) is 0 Å². The van der Waals surface area contributed by atoms with Crippen molar-refractivity contribution in [2.45, 2.75) is 46.2 Å². The van der Waals surface area contributed by atoms with Crippen molar-refractivity contribution in [2.24, 2.45) is 11.1 Å². The lowest BCUT2D eigenvalue weighted by atomic mass is 9.98. The standard InChI is InChI=1S/C12H22N2/c1-10-11(13)6-9-14(10)8-5-7-12(2,3)4/h10-11H,6,8-9,13H2,1-4H3. The van der Waals surface area contributed by atoms with E-state index in [1.165, 1.54) is 0 Å². The molecule has 1 heterocycles. The summed E-state index contributed by atoms with van der Waals surface area (Å²) in [4.78, 5) is 2.36. The van der Waals surface area contributed by atoms with Gasteiger partial charge in [-0.05, 0) is 34.1 Å². The molecule has 0 aliphatic carbocycles. The Morgan fingerprint density at radius 3 is 2.50 bits per heavy atom. The lowest BCUT2D eigenvalue weighted by molar-refractivity contribution is 0.291. The zero-order chi connectivity index (χ0) is 10.8. The van der Waals surface area contributed by atoms with Gasteiger partial charge in [-0.3, -0.25) is 4.90 Å². The van der Waals surface area contributed by atoms with E-state index >= 15 is 0 Å². The van der Waals surface area contributed by atoms with E-state index in [2.05, 4.69) is 44.4 Å². The van der Waals surface area contributed by atoms with E-state index in [1.54, 1.807) is 0 Å². The maximum atomic E-state index is 5.94. The molecule has 0 saturated carbocycles. The number of nitrogens with two attached hydrogens (primary N) is 1. The third-order valence-electron chi connectivity index (χ3n) is 2.69. The molecule has 2 N–H and O–H groups in total. The third-order valence-corrected chi connectivity index (χ3v) is 2.69. The van der Waals surface area contributed by atoms with Crippen LogP contribution < -0.4 is 5.73 Å². The van der Waals surface area contributed by atoms with Crippen LogP contribution in [0.4, 0.5) is 0 Å². The molecule has 2 heteroatoms. The molecule has 0 radical (unpaired) electrons. The van der Waals surface area contributed by atoms with E-state index in [4.69, 9.17) is 5.73 Å². The molecule has 0 spiro atoms. The number of hydrogen-bond donors (Lipinski definition) is 1. The monoisotopic (exact) mass is 194 g/mol. The molecular formula is C12H22N2. The van der Waals surface area contributed by atoms with Gasteiger partial charge in [-0.2, -0.15) is 0 Å². The lowest BCUT2D eigenvalue weighted by Crippen LogP contribution is -2.36. The summed E-state index contributed by atoms with van der Waals surface area (Å²) in [7, 11) is 0. The van der Waals surface area contributed by atoms with Gasteiger partial charge in [-0.25, -0.2) is 0 Å². The maximum Gasteiger partial charge on any atom is 0.0604 e. The first-order chi connectivity index (χ1) is 6.40. The second-order valence-electron chi connectivity index (χ2n) is 5.22. The normalized spacial score (nSPS) is 28.6. The first-order valence-electron chi connectivity index (χ1n) is 5.40. The molecule has 0 amide bonds. The summed E-state index contributed by atoms with van der Waals surface area (Å²) in [6.45, 7) is 10.6. The molecule has 80 valence electrons. The molecule has 14 heavy (non-hydrogen) atoms. The molecule has 1 saturated heterocycles. The average Bonchev–Trinajstić information content (AvgIpc) is 2.33. The minimum absolute atomic E-state index is 0.116. The van der Waals surface area contributed by atoms with Crippen LogP contribution in [-0.4, -0.2) is 30.1 Å². The highest BCUT2D eigenvalue weighted by Gasteiger charge is 2.26. The Balaban J connectivity index is 2.42. The third kappa shape index (κ3) is 3.32. The quantitative estimate of drug-likeness (QED) is 0.640. The van der Waals surface area contributed by atoms with Gasteiger partial charge >= 0.3 is 0 Å². The molecule has 0 aromatic rings. The molecule has 2 atom stereocenters. The number of likely N-dealkylation sites (tertiary alicyclic amines) is 1. The molecule has 1 aliphatic heterocycles. The van der Waals surface area contributed by atoms with Crippen molar-refractivity contribution in [2.75, 3.05) is 13.1 Å². The van der Waals surface area contributed by atoms with Crippen molar-refractivity contribution in [1.82, 2.24) is 4.90 Å². The molecular weight excluding hydrogens is 172 g/mol. The number of nitrogens with zero attached hydrogens (tertiary/aromatic N) is 1. The van der Waals surface area contributed by atoms with Crippen LogP contribution in [0.25, 0.3) is 0 Å². The van der Waals surface area contributed by atoms with Crippen molar-refractivity contribution < 1.29 is 0 Å². The largest absolute Gasteiger partial charge is 0.326 e. The SMILES string of the molecule is CC1C(N)CCN1CC#CC(C)(C)C. The number of rotatable bonds is 1. The highest BCUT2D eigenvalue weighted by Crippen LogP contribution is 2.15. The molecule has 1 fully saturated rings. The fraction of sp³-hybridized carbons (Fsp3) is 0.833. The van der Waals surface area contributed by atoms with Gasteiger partial charge in [0.25, 0.3) is 0 Å². The molecule has 0 aromatic carbocycles. The first kappa shape index (κ1) is 11.6. The first-order valence-corrected chi connectivity index (χ1v) is 5.40. The lowest BCUT2D eigenvalue weighted by Gasteiger charge is -2.20. The van der Waals surface area contributed by atoms with Crippen LogP contribution in [0.3, 0.4) is 0 Å². The topological polar surface area (TPSA) is 29.3 Å². The van der Waals surface area contributed by atoms with Gasteiger partial charge in [0.05, 0.1) is 6.54 Å². The van der Waals surface area contributed by atoms with Crippen LogP contribution in [-0.2, 0) is 0 Å². The van der Waals surface area contributed by atoms with Crippen LogP contribution >= 0.6 is 0 Å². The summed E-state index contributed by atoms with van der Waals surface area (Å²) >= 11 is 0. The van der Waals surface area contributed by atoms with E-state index in [0.717, 1.165) is 19.5 Å². The highest BCUT2D eigenvalue weighted by atomic mass is 15.2. The average molecular weight is 194 g/mol. The van der Waals surface area contributed by atoms with Crippen LogP contribution in [0.15, 0.2) is 0 Å². The predicted octanol–water partition coefficient (Wildman–Crippen LogP) is 1.46. The van der Waals surface area contributed by atoms with Gasteiger partial charge < -0.3 is 5.73 Å². The van der Waals surface area contributed by atoms with Gasteiger partial charge in [0.2, 0.25) is 0 Å². The summed E-state index contributed by atoms with van der Waals surface area (Å²) in [6, 6.07) is 0.829. The van der Waals surface area contributed by atoms with Crippen LogP contribution in [0, 0.1) is 17.3 Å². The maximum absolute atomic E-state index is 5.94. The Hall–Kier alpha value is -0.520. The van der Waals surface area contributed by atoms with Gasteiger partial charge in [0.1, 0.15) is 0 Å². The van der Waals surface area contributed by atoms with Crippen molar-refractivity contribution in [1.29, 1.82) is 0 Å². The molecule has 0 aromatic heterocycles. The molecule has 1 rings (SSSR count). The van der Waals surface area contributed by atoms with Gasteiger partial charge in [0, 0.05) is 24.0 Å². The van der Waals surface area contributed by atoms with Gasteiger partial charge in [0.15, 0.2) is 0 Å². The Kier molecular flexibility index (Phi) is 3.58. The molecule has 0 bridgehead atoms. The molecule has 2 unspecified atom stereocenters. The van der Waals surface area contributed by atoms with E-state index in [0.29, 0.717) is 12.1 Å². The summed E-state index contributed by atoms with van der Waals surface area (Å²) < 4.78 is 0. The van der Waals surface area contributed by atoms with Crippen molar-refractivity contribution >= 4 is 0 Å². The van der Waals surface area contributed by atoms with E-state index in [1.807, 2.05) is 0 Å². The smallest absolute Gasteiger partial charge is 0.0604 e. The fourth-order valence-corrected chi connectivity index (χ4v) is 1.66. The minimum Gasteiger partial charge on any atom is -0.326 e.